The highest BCUT2D eigenvalue weighted by atomic mass is 16.5. The van der Waals surface area contributed by atoms with Gasteiger partial charge >= 0.3 is 0 Å². The fourth-order valence-electron chi connectivity index (χ4n) is 3.23. The summed E-state index contributed by atoms with van der Waals surface area (Å²) >= 11 is 0. The summed E-state index contributed by atoms with van der Waals surface area (Å²) in [5.74, 6) is 1.15. The van der Waals surface area contributed by atoms with Crippen LogP contribution in [0, 0.1) is 0 Å². The summed E-state index contributed by atoms with van der Waals surface area (Å²) in [6, 6.07) is 9.19. The minimum absolute atomic E-state index is 0.143. The summed E-state index contributed by atoms with van der Waals surface area (Å²) < 4.78 is 5.27. The van der Waals surface area contributed by atoms with Crippen molar-refractivity contribution in [3.05, 3.63) is 48.3 Å². The molecular weight excluding hydrogens is 332 g/mol. The topological polar surface area (TPSA) is 87.6 Å². The Bertz CT molecular complexity index is 741. The molecule has 2 N–H and O–H groups in total. The van der Waals surface area contributed by atoms with Crippen molar-refractivity contribution in [2.24, 2.45) is 0 Å². The number of aliphatic hydroxyl groups is 1. The van der Waals surface area contributed by atoms with E-state index in [9.17, 15) is 9.90 Å². The Kier molecular flexibility index (Phi) is 5.68. The monoisotopic (exact) mass is 356 g/mol. The minimum atomic E-state index is -0.992. The van der Waals surface area contributed by atoms with E-state index in [1.807, 2.05) is 29.2 Å². The van der Waals surface area contributed by atoms with E-state index in [1.54, 1.807) is 25.6 Å². The third-order valence-electron chi connectivity index (χ3n) is 4.55. The van der Waals surface area contributed by atoms with E-state index < -0.39 is 5.60 Å². The fraction of sp³-hybridized carbons (Fsp3) is 0.421. The largest absolute Gasteiger partial charge is 0.496 e. The molecule has 1 amide bonds. The van der Waals surface area contributed by atoms with E-state index in [2.05, 4.69) is 15.3 Å². The van der Waals surface area contributed by atoms with E-state index in [1.165, 1.54) is 0 Å². The first-order valence-corrected chi connectivity index (χ1v) is 8.73. The molecule has 26 heavy (non-hydrogen) atoms. The zero-order valence-electron chi connectivity index (χ0n) is 14.9. The van der Waals surface area contributed by atoms with Crippen LogP contribution in [0.15, 0.2) is 42.7 Å². The van der Waals surface area contributed by atoms with Gasteiger partial charge in [-0.3, -0.25) is 4.79 Å². The maximum atomic E-state index is 12.3. The highest BCUT2D eigenvalue weighted by Gasteiger charge is 2.34. The maximum Gasteiger partial charge on any atom is 0.225 e. The SMILES string of the molecule is COc1ccccc1CC(=O)NCC1(O)CCCN(c2ncccn2)C1. The number of para-hydroxylation sites is 1. The first-order chi connectivity index (χ1) is 12.6. The van der Waals surface area contributed by atoms with Crippen LogP contribution < -0.4 is 15.0 Å². The average molecular weight is 356 g/mol. The third-order valence-corrected chi connectivity index (χ3v) is 4.55. The van der Waals surface area contributed by atoms with Gasteiger partial charge in [-0.05, 0) is 25.0 Å². The molecule has 1 aromatic heterocycles. The van der Waals surface area contributed by atoms with E-state index >= 15 is 0 Å². The van der Waals surface area contributed by atoms with Crippen molar-refractivity contribution in [3.63, 3.8) is 0 Å². The second-order valence-corrected chi connectivity index (χ2v) is 6.56. The summed E-state index contributed by atoms with van der Waals surface area (Å²) in [5.41, 5.74) is -0.170. The number of carbonyl (C=O) groups excluding carboxylic acids is 1. The molecule has 1 aromatic carbocycles. The molecule has 7 heteroatoms. The van der Waals surface area contributed by atoms with Crippen molar-refractivity contribution in [3.8, 4) is 5.75 Å². The molecular formula is C19H24N4O3. The van der Waals surface area contributed by atoms with Crippen LogP contribution in [0.4, 0.5) is 5.95 Å². The number of piperidine rings is 1. The molecule has 1 fully saturated rings. The number of hydrogen-bond acceptors (Lipinski definition) is 6. The summed E-state index contributed by atoms with van der Waals surface area (Å²) in [6.07, 6.45) is 5.03. The van der Waals surface area contributed by atoms with Crippen molar-refractivity contribution in [2.75, 3.05) is 31.6 Å². The van der Waals surface area contributed by atoms with Gasteiger partial charge in [0.25, 0.3) is 0 Å². The first kappa shape index (κ1) is 18.1. The number of benzene rings is 1. The van der Waals surface area contributed by atoms with Crippen LogP contribution in [0.2, 0.25) is 0 Å². The zero-order chi connectivity index (χ0) is 18.4. The number of anilines is 1. The van der Waals surface area contributed by atoms with Gasteiger partial charge in [0, 0.05) is 31.0 Å². The predicted molar refractivity (Wildman–Crippen MR) is 98.1 cm³/mol. The number of carbonyl (C=O) groups is 1. The number of methoxy groups -OCH3 is 1. The molecule has 7 nitrogen and oxygen atoms in total. The smallest absolute Gasteiger partial charge is 0.225 e. The molecule has 1 aliphatic heterocycles. The second-order valence-electron chi connectivity index (χ2n) is 6.56. The van der Waals surface area contributed by atoms with Crippen molar-refractivity contribution < 1.29 is 14.6 Å². The average Bonchev–Trinajstić information content (AvgIpc) is 2.68. The first-order valence-electron chi connectivity index (χ1n) is 8.73. The highest BCUT2D eigenvalue weighted by molar-refractivity contribution is 5.79. The van der Waals surface area contributed by atoms with Crippen LogP contribution in [-0.2, 0) is 11.2 Å². The standard InChI is InChI=1S/C19H24N4O3/c1-26-16-7-3-2-6-15(16)12-17(24)22-13-19(25)8-4-11-23(14-19)18-20-9-5-10-21-18/h2-3,5-7,9-10,25H,4,8,11-14H2,1H3,(H,22,24). The van der Waals surface area contributed by atoms with Gasteiger partial charge in [0.15, 0.2) is 0 Å². The molecule has 0 spiro atoms. The summed E-state index contributed by atoms with van der Waals surface area (Å²) in [4.78, 5) is 22.7. The lowest BCUT2D eigenvalue weighted by atomic mass is 9.93. The molecule has 1 aliphatic rings. The van der Waals surface area contributed by atoms with Crippen molar-refractivity contribution in [2.45, 2.75) is 24.9 Å². The van der Waals surface area contributed by atoms with Gasteiger partial charge in [0.1, 0.15) is 5.75 Å². The lowest BCUT2D eigenvalue weighted by Crippen LogP contribution is -2.54. The van der Waals surface area contributed by atoms with E-state index in [-0.39, 0.29) is 18.9 Å². The summed E-state index contributed by atoms with van der Waals surface area (Å²) in [7, 11) is 1.59. The van der Waals surface area contributed by atoms with Gasteiger partial charge in [-0.1, -0.05) is 18.2 Å². The Labute approximate surface area is 153 Å². The van der Waals surface area contributed by atoms with Gasteiger partial charge in [-0.15, -0.1) is 0 Å². The summed E-state index contributed by atoms with van der Waals surface area (Å²) in [5, 5.41) is 13.7. The molecule has 1 unspecified atom stereocenters. The van der Waals surface area contributed by atoms with Gasteiger partial charge in [0.2, 0.25) is 11.9 Å². The zero-order valence-corrected chi connectivity index (χ0v) is 14.9. The molecule has 0 saturated carbocycles. The lowest BCUT2D eigenvalue weighted by molar-refractivity contribution is -0.121. The number of amides is 1. The van der Waals surface area contributed by atoms with E-state index in [0.29, 0.717) is 24.7 Å². The number of nitrogens with one attached hydrogen (secondary N) is 1. The van der Waals surface area contributed by atoms with E-state index in [0.717, 1.165) is 18.5 Å². The number of ether oxygens (including phenoxy) is 1. The van der Waals surface area contributed by atoms with Gasteiger partial charge in [-0.2, -0.15) is 0 Å². The number of hydrogen-bond donors (Lipinski definition) is 2. The highest BCUT2D eigenvalue weighted by Crippen LogP contribution is 2.23. The Balaban J connectivity index is 1.57. The van der Waals surface area contributed by atoms with Crippen LogP contribution >= 0.6 is 0 Å². The quantitative estimate of drug-likeness (QED) is 0.808. The Hall–Kier alpha value is -2.67. The molecule has 1 atom stereocenters. The number of β-amino-alcohol motifs (C(OH)–C–C–N with tert-alkyl or cyclic N) is 1. The van der Waals surface area contributed by atoms with E-state index in [4.69, 9.17) is 4.74 Å². The van der Waals surface area contributed by atoms with Crippen molar-refractivity contribution >= 4 is 11.9 Å². The molecule has 3 rings (SSSR count). The normalized spacial score (nSPS) is 19.8. The van der Waals surface area contributed by atoms with Gasteiger partial charge in [-0.25, -0.2) is 9.97 Å². The van der Waals surface area contributed by atoms with Crippen molar-refractivity contribution in [1.29, 1.82) is 0 Å². The van der Waals surface area contributed by atoms with Crippen LogP contribution in [0.25, 0.3) is 0 Å². The number of nitrogens with zero attached hydrogens (tertiary/aromatic N) is 3. The molecule has 0 radical (unpaired) electrons. The molecule has 138 valence electrons. The Morgan fingerprint density at radius 2 is 2.08 bits per heavy atom. The number of aromatic nitrogens is 2. The second kappa shape index (κ2) is 8.14. The summed E-state index contributed by atoms with van der Waals surface area (Å²) in [6.45, 7) is 1.39. The number of rotatable bonds is 6. The molecule has 2 heterocycles. The van der Waals surface area contributed by atoms with Gasteiger partial charge < -0.3 is 20.1 Å². The fourth-order valence-corrected chi connectivity index (χ4v) is 3.23. The van der Waals surface area contributed by atoms with Gasteiger partial charge in [0.05, 0.1) is 25.7 Å². The minimum Gasteiger partial charge on any atom is -0.496 e. The molecule has 0 bridgehead atoms. The molecule has 1 saturated heterocycles. The van der Waals surface area contributed by atoms with Crippen LogP contribution in [0.5, 0.6) is 5.75 Å². The lowest BCUT2D eigenvalue weighted by Gasteiger charge is -2.39. The Morgan fingerprint density at radius 3 is 2.85 bits per heavy atom. The van der Waals surface area contributed by atoms with Crippen LogP contribution in [0.3, 0.4) is 0 Å². The Morgan fingerprint density at radius 1 is 1.31 bits per heavy atom. The molecule has 2 aromatic rings. The maximum absolute atomic E-state index is 12.3. The third kappa shape index (κ3) is 4.49. The molecule has 0 aliphatic carbocycles. The van der Waals surface area contributed by atoms with Crippen LogP contribution in [-0.4, -0.2) is 53.3 Å². The predicted octanol–water partition coefficient (Wildman–Crippen LogP) is 1.18. The van der Waals surface area contributed by atoms with Crippen LogP contribution in [0.1, 0.15) is 18.4 Å². The van der Waals surface area contributed by atoms with Crippen molar-refractivity contribution in [1.82, 2.24) is 15.3 Å².